The summed E-state index contributed by atoms with van der Waals surface area (Å²) in [6, 6.07) is 1.89. The molecule has 1 heterocycles. The first kappa shape index (κ1) is 15.5. The highest BCUT2D eigenvalue weighted by atomic mass is 32.2. The third kappa shape index (κ3) is 3.42. The first-order valence-electron chi connectivity index (χ1n) is 7.41. The highest BCUT2D eigenvalue weighted by Crippen LogP contribution is 2.26. The van der Waals surface area contributed by atoms with Crippen molar-refractivity contribution in [3.63, 3.8) is 0 Å². The second-order valence-corrected chi connectivity index (χ2v) is 7.45. The lowest BCUT2D eigenvalue weighted by Gasteiger charge is -2.30. The quantitative estimate of drug-likeness (QED) is 0.845. The van der Waals surface area contributed by atoms with Gasteiger partial charge in [-0.1, -0.05) is 26.2 Å². The molecule has 2 N–H and O–H groups in total. The van der Waals surface area contributed by atoms with E-state index in [1.807, 2.05) is 6.92 Å². The van der Waals surface area contributed by atoms with Gasteiger partial charge in [0.15, 0.2) is 0 Å². The van der Waals surface area contributed by atoms with E-state index in [2.05, 4.69) is 10.3 Å². The maximum Gasteiger partial charge on any atom is 0.244 e. The van der Waals surface area contributed by atoms with Crippen LogP contribution in [-0.4, -0.2) is 37.3 Å². The second-order valence-electron chi connectivity index (χ2n) is 5.45. The smallest absolute Gasteiger partial charge is 0.244 e. The van der Waals surface area contributed by atoms with Gasteiger partial charge in [0, 0.05) is 31.5 Å². The van der Waals surface area contributed by atoms with Crippen LogP contribution in [0, 0.1) is 0 Å². The van der Waals surface area contributed by atoms with Crippen molar-refractivity contribution < 1.29 is 8.42 Å². The SMILES string of the molecule is CCNCc1cc(S(=O)(=O)N(C)C2CCCCC2)c[nH]1. The molecule has 0 bridgehead atoms. The molecule has 114 valence electrons. The Hall–Kier alpha value is -0.850. The van der Waals surface area contributed by atoms with Crippen LogP contribution >= 0.6 is 0 Å². The van der Waals surface area contributed by atoms with Crippen molar-refractivity contribution >= 4 is 10.0 Å². The molecule has 6 heteroatoms. The van der Waals surface area contributed by atoms with Crippen LogP contribution in [0.3, 0.4) is 0 Å². The number of hydrogen-bond donors (Lipinski definition) is 2. The minimum absolute atomic E-state index is 0.154. The largest absolute Gasteiger partial charge is 0.363 e. The Labute approximate surface area is 121 Å². The summed E-state index contributed by atoms with van der Waals surface area (Å²) in [6.07, 6.45) is 7.03. The van der Waals surface area contributed by atoms with Crippen molar-refractivity contribution in [1.29, 1.82) is 0 Å². The van der Waals surface area contributed by atoms with Crippen molar-refractivity contribution in [3.05, 3.63) is 18.0 Å². The first-order valence-corrected chi connectivity index (χ1v) is 8.85. The Bertz CT molecular complexity index is 518. The van der Waals surface area contributed by atoms with Crippen LogP contribution in [-0.2, 0) is 16.6 Å². The lowest BCUT2D eigenvalue weighted by molar-refractivity contribution is 0.286. The van der Waals surface area contributed by atoms with E-state index >= 15 is 0 Å². The van der Waals surface area contributed by atoms with Gasteiger partial charge in [-0.25, -0.2) is 8.42 Å². The van der Waals surface area contributed by atoms with Crippen molar-refractivity contribution in [2.75, 3.05) is 13.6 Å². The van der Waals surface area contributed by atoms with Crippen LogP contribution in [0.15, 0.2) is 17.2 Å². The molecule has 0 saturated heterocycles. The zero-order valence-electron chi connectivity index (χ0n) is 12.4. The molecular formula is C14H25N3O2S. The average molecular weight is 299 g/mol. The van der Waals surface area contributed by atoms with Gasteiger partial charge in [-0.3, -0.25) is 0 Å². The number of nitrogens with one attached hydrogen (secondary N) is 2. The van der Waals surface area contributed by atoms with E-state index in [1.165, 1.54) is 6.42 Å². The van der Waals surface area contributed by atoms with Crippen molar-refractivity contribution in [1.82, 2.24) is 14.6 Å². The standard InChI is InChI=1S/C14H25N3O2S/c1-3-15-10-12-9-14(11-16-12)20(18,19)17(2)13-7-5-4-6-8-13/h9,11,13,15-16H,3-8,10H2,1-2H3. The molecule has 2 rings (SSSR count). The van der Waals surface area contributed by atoms with Crippen LogP contribution < -0.4 is 5.32 Å². The Kier molecular flexibility index (Phi) is 5.23. The molecule has 0 spiro atoms. The highest BCUT2D eigenvalue weighted by Gasteiger charge is 2.29. The maximum absolute atomic E-state index is 12.6. The Morgan fingerprint density at radius 1 is 1.35 bits per heavy atom. The third-order valence-electron chi connectivity index (χ3n) is 4.05. The molecule has 1 aromatic rings. The molecule has 1 aliphatic carbocycles. The Balaban J connectivity index is 2.10. The molecule has 1 fully saturated rings. The number of aromatic nitrogens is 1. The Morgan fingerprint density at radius 3 is 2.70 bits per heavy atom. The van der Waals surface area contributed by atoms with Gasteiger partial charge in [0.2, 0.25) is 10.0 Å². The lowest BCUT2D eigenvalue weighted by atomic mass is 9.96. The normalized spacial score (nSPS) is 17.8. The van der Waals surface area contributed by atoms with E-state index in [9.17, 15) is 8.42 Å². The molecular weight excluding hydrogens is 274 g/mol. The van der Waals surface area contributed by atoms with Crippen LogP contribution in [0.2, 0.25) is 0 Å². The minimum atomic E-state index is -3.37. The third-order valence-corrected chi connectivity index (χ3v) is 5.94. The average Bonchev–Trinajstić information content (AvgIpc) is 2.94. The van der Waals surface area contributed by atoms with Gasteiger partial charge < -0.3 is 10.3 Å². The molecule has 1 saturated carbocycles. The molecule has 20 heavy (non-hydrogen) atoms. The summed E-state index contributed by atoms with van der Waals surface area (Å²) in [5.74, 6) is 0. The second kappa shape index (κ2) is 6.74. The number of rotatable bonds is 6. The molecule has 1 aliphatic rings. The fourth-order valence-electron chi connectivity index (χ4n) is 2.74. The van der Waals surface area contributed by atoms with Gasteiger partial charge >= 0.3 is 0 Å². The molecule has 0 atom stereocenters. The molecule has 0 aromatic carbocycles. The summed E-state index contributed by atoms with van der Waals surface area (Å²) in [6.45, 7) is 3.56. The highest BCUT2D eigenvalue weighted by molar-refractivity contribution is 7.89. The molecule has 0 aliphatic heterocycles. The summed E-state index contributed by atoms with van der Waals surface area (Å²) in [7, 11) is -1.66. The number of aromatic amines is 1. The lowest BCUT2D eigenvalue weighted by Crippen LogP contribution is -2.38. The maximum atomic E-state index is 12.6. The minimum Gasteiger partial charge on any atom is -0.363 e. The predicted octanol–water partition coefficient (Wildman–Crippen LogP) is 2.08. The van der Waals surface area contributed by atoms with Crippen molar-refractivity contribution in [3.8, 4) is 0 Å². The number of H-pyrrole nitrogens is 1. The van der Waals surface area contributed by atoms with E-state index in [4.69, 9.17) is 0 Å². The predicted molar refractivity (Wildman–Crippen MR) is 80.0 cm³/mol. The summed E-state index contributed by atoms with van der Waals surface area (Å²) in [5, 5.41) is 3.18. The fraction of sp³-hybridized carbons (Fsp3) is 0.714. The molecule has 5 nitrogen and oxygen atoms in total. The molecule has 1 aromatic heterocycles. The van der Waals surface area contributed by atoms with Crippen LogP contribution in [0.4, 0.5) is 0 Å². The number of nitrogens with zero attached hydrogens (tertiary/aromatic N) is 1. The van der Waals surface area contributed by atoms with Gasteiger partial charge in [0.05, 0.1) is 4.90 Å². The Morgan fingerprint density at radius 2 is 2.05 bits per heavy atom. The van der Waals surface area contributed by atoms with Gasteiger partial charge in [-0.15, -0.1) is 0 Å². The van der Waals surface area contributed by atoms with E-state index in [-0.39, 0.29) is 6.04 Å². The van der Waals surface area contributed by atoms with E-state index < -0.39 is 10.0 Å². The number of sulfonamides is 1. The fourth-order valence-corrected chi connectivity index (χ4v) is 4.17. The van der Waals surface area contributed by atoms with Gasteiger partial charge in [0.1, 0.15) is 0 Å². The van der Waals surface area contributed by atoms with Crippen LogP contribution in [0.1, 0.15) is 44.7 Å². The van der Waals surface area contributed by atoms with E-state index in [1.54, 1.807) is 23.6 Å². The first-order chi connectivity index (χ1) is 9.55. The van der Waals surface area contributed by atoms with E-state index in [0.717, 1.165) is 37.9 Å². The monoisotopic (exact) mass is 299 g/mol. The van der Waals surface area contributed by atoms with Crippen molar-refractivity contribution in [2.24, 2.45) is 0 Å². The molecule has 0 radical (unpaired) electrons. The molecule has 0 amide bonds. The zero-order chi connectivity index (χ0) is 14.6. The van der Waals surface area contributed by atoms with E-state index in [0.29, 0.717) is 11.4 Å². The van der Waals surface area contributed by atoms with Gasteiger partial charge in [-0.05, 0) is 25.5 Å². The summed E-state index contributed by atoms with van der Waals surface area (Å²) >= 11 is 0. The van der Waals surface area contributed by atoms with Gasteiger partial charge in [0.25, 0.3) is 0 Å². The number of hydrogen-bond acceptors (Lipinski definition) is 3. The summed E-state index contributed by atoms with van der Waals surface area (Å²) < 4.78 is 26.8. The van der Waals surface area contributed by atoms with Gasteiger partial charge in [-0.2, -0.15) is 4.31 Å². The zero-order valence-corrected chi connectivity index (χ0v) is 13.2. The topological polar surface area (TPSA) is 65.2 Å². The summed E-state index contributed by atoms with van der Waals surface area (Å²) in [4.78, 5) is 3.41. The molecule has 0 unspecified atom stereocenters. The van der Waals surface area contributed by atoms with Crippen LogP contribution in [0.25, 0.3) is 0 Å². The van der Waals surface area contributed by atoms with Crippen molar-refractivity contribution in [2.45, 2.75) is 56.5 Å². The van der Waals surface area contributed by atoms with Crippen LogP contribution in [0.5, 0.6) is 0 Å². The summed E-state index contributed by atoms with van der Waals surface area (Å²) in [5.41, 5.74) is 0.905.